The van der Waals surface area contributed by atoms with Crippen LogP contribution in [0.2, 0.25) is 0 Å². The van der Waals surface area contributed by atoms with Crippen LogP contribution in [0.4, 0.5) is 0 Å². The lowest BCUT2D eigenvalue weighted by molar-refractivity contribution is -0.109. The van der Waals surface area contributed by atoms with E-state index < -0.39 is 0 Å². The maximum absolute atomic E-state index is 10.7. The van der Waals surface area contributed by atoms with Crippen molar-refractivity contribution < 1.29 is 9.53 Å². The molecule has 0 saturated heterocycles. The van der Waals surface area contributed by atoms with E-state index in [9.17, 15) is 4.79 Å². The molecule has 0 bridgehead atoms. The molecule has 0 fully saturated rings. The van der Waals surface area contributed by atoms with Gasteiger partial charge in [-0.05, 0) is 30.2 Å². The molecule has 1 aromatic rings. The van der Waals surface area contributed by atoms with E-state index in [1.54, 1.807) is 0 Å². The van der Waals surface area contributed by atoms with Crippen LogP contribution in [0, 0.1) is 11.8 Å². The van der Waals surface area contributed by atoms with Gasteiger partial charge in [-0.15, -0.1) is 6.58 Å². The Morgan fingerprint density at radius 3 is 2.68 bits per heavy atom. The molecule has 0 spiro atoms. The van der Waals surface area contributed by atoms with Gasteiger partial charge < -0.3 is 9.53 Å². The lowest BCUT2D eigenvalue weighted by Crippen LogP contribution is -2.18. The van der Waals surface area contributed by atoms with Crippen molar-refractivity contribution in [3.63, 3.8) is 0 Å². The van der Waals surface area contributed by atoms with E-state index in [1.807, 2.05) is 24.3 Å². The molecule has 2 nitrogen and oxygen atoms in total. The number of hydrogen-bond donors (Lipinski definition) is 0. The van der Waals surface area contributed by atoms with Crippen molar-refractivity contribution >= 4 is 6.29 Å². The van der Waals surface area contributed by atoms with Gasteiger partial charge in [0.15, 0.2) is 0 Å². The van der Waals surface area contributed by atoms with E-state index in [1.165, 1.54) is 5.56 Å². The maximum atomic E-state index is 10.7. The Morgan fingerprint density at radius 2 is 2.05 bits per heavy atom. The van der Waals surface area contributed by atoms with Crippen molar-refractivity contribution in [3.8, 4) is 0 Å². The van der Waals surface area contributed by atoms with Crippen molar-refractivity contribution in [1.29, 1.82) is 0 Å². The molecule has 1 rings (SSSR count). The summed E-state index contributed by atoms with van der Waals surface area (Å²) in [6, 6.07) is 10.2. The number of ether oxygens (including phenoxy) is 1. The topological polar surface area (TPSA) is 26.3 Å². The molecule has 1 aromatic carbocycles. The number of carbonyl (C=O) groups excluding carboxylic acids is 1. The van der Waals surface area contributed by atoms with E-state index in [2.05, 4.69) is 25.6 Å². The van der Waals surface area contributed by atoms with Gasteiger partial charge in [0.05, 0.1) is 6.61 Å². The third kappa shape index (κ3) is 6.35. The number of hydrogen-bond acceptors (Lipinski definition) is 2. The summed E-state index contributed by atoms with van der Waals surface area (Å²) in [6.45, 7) is 7.23. The zero-order valence-electron chi connectivity index (χ0n) is 11.8. The van der Waals surface area contributed by atoms with Gasteiger partial charge in [0, 0.05) is 13.0 Å². The molecule has 2 atom stereocenters. The Morgan fingerprint density at radius 1 is 1.32 bits per heavy atom. The fraction of sp³-hybridized carbons (Fsp3) is 0.471. The van der Waals surface area contributed by atoms with E-state index in [4.69, 9.17) is 4.74 Å². The highest BCUT2D eigenvalue weighted by molar-refractivity contribution is 5.49. The summed E-state index contributed by atoms with van der Waals surface area (Å²) in [5.74, 6) is 0.792. The number of rotatable bonds is 10. The van der Waals surface area contributed by atoms with Gasteiger partial charge in [-0.25, -0.2) is 0 Å². The van der Waals surface area contributed by atoms with Gasteiger partial charge in [0.1, 0.15) is 6.29 Å². The monoisotopic (exact) mass is 260 g/mol. The predicted octanol–water partition coefficient (Wildman–Crippen LogP) is 4.01. The van der Waals surface area contributed by atoms with E-state index >= 15 is 0 Å². The molecule has 0 aliphatic rings. The highest BCUT2D eigenvalue weighted by atomic mass is 16.5. The van der Waals surface area contributed by atoms with Crippen LogP contribution >= 0.6 is 0 Å². The third-order valence-electron chi connectivity index (χ3n) is 3.44. The van der Waals surface area contributed by atoms with E-state index in [0.717, 1.165) is 19.1 Å². The zero-order chi connectivity index (χ0) is 13.9. The summed E-state index contributed by atoms with van der Waals surface area (Å²) in [4.78, 5) is 10.7. The molecule has 0 radical (unpaired) electrons. The fourth-order valence-electron chi connectivity index (χ4n) is 2.16. The molecule has 0 amide bonds. The Bertz CT molecular complexity index is 359. The quantitative estimate of drug-likeness (QED) is 0.469. The van der Waals surface area contributed by atoms with E-state index in [-0.39, 0.29) is 0 Å². The Hall–Kier alpha value is -1.41. The Labute approximate surface area is 116 Å². The summed E-state index contributed by atoms with van der Waals surface area (Å²) >= 11 is 0. The minimum absolute atomic E-state index is 0.395. The van der Waals surface area contributed by atoms with Crippen molar-refractivity contribution in [2.75, 3.05) is 6.61 Å². The highest BCUT2D eigenvalue weighted by Crippen LogP contribution is 2.21. The molecule has 0 aliphatic heterocycles. The van der Waals surface area contributed by atoms with Crippen molar-refractivity contribution in [1.82, 2.24) is 0 Å². The predicted molar refractivity (Wildman–Crippen MR) is 78.9 cm³/mol. The molecule has 104 valence electrons. The second-order valence-corrected chi connectivity index (χ2v) is 5.01. The summed E-state index contributed by atoms with van der Waals surface area (Å²) in [5, 5.41) is 0. The van der Waals surface area contributed by atoms with Crippen LogP contribution in [0.15, 0.2) is 43.0 Å². The molecule has 0 aliphatic carbocycles. The lowest BCUT2D eigenvalue weighted by atomic mass is 9.88. The van der Waals surface area contributed by atoms with E-state index in [0.29, 0.717) is 31.5 Å². The number of aldehydes is 1. The smallest absolute Gasteiger partial charge is 0.120 e. The molecular formula is C17H24O2. The highest BCUT2D eigenvalue weighted by Gasteiger charge is 2.16. The lowest BCUT2D eigenvalue weighted by Gasteiger charge is -2.21. The average molecular weight is 260 g/mol. The largest absolute Gasteiger partial charge is 0.376 e. The first-order valence-corrected chi connectivity index (χ1v) is 6.94. The Kier molecular flexibility index (Phi) is 7.83. The number of benzene rings is 1. The maximum Gasteiger partial charge on any atom is 0.120 e. The van der Waals surface area contributed by atoms with Crippen LogP contribution in [-0.4, -0.2) is 12.9 Å². The van der Waals surface area contributed by atoms with Gasteiger partial charge >= 0.3 is 0 Å². The van der Waals surface area contributed by atoms with Crippen molar-refractivity contribution in [3.05, 3.63) is 48.6 Å². The van der Waals surface area contributed by atoms with Crippen LogP contribution in [0.1, 0.15) is 31.7 Å². The number of carbonyl (C=O) groups is 1. The van der Waals surface area contributed by atoms with Gasteiger partial charge in [-0.2, -0.15) is 0 Å². The van der Waals surface area contributed by atoms with Crippen LogP contribution < -0.4 is 0 Å². The van der Waals surface area contributed by atoms with Gasteiger partial charge in [0.25, 0.3) is 0 Å². The van der Waals surface area contributed by atoms with Gasteiger partial charge in [-0.1, -0.05) is 43.3 Å². The first kappa shape index (κ1) is 15.6. The summed E-state index contributed by atoms with van der Waals surface area (Å²) < 4.78 is 5.75. The van der Waals surface area contributed by atoms with Crippen LogP contribution in [0.5, 0.6) is 0 Å². The summed E-state index contributed by atoms with van der Waals surface area (Å²) in [6.07, 6.45) is 5.51. The molecular weight excluding hydrogens is 236 g/mol. The fourth-order valence-corrected chi connectivity index (χ4v) is 2.16. The van der Waals surface area contributed by atoms with Crippen molar-refractivity contribution in [2.45, 2.75) is 32.8 Å². The molecule has 0 aromatic heterocycles. The zero-order valence-corrected chi connectivity index (χ0v) is 11.8. The molecule has 0 heterocycles. The second-order valence-electron chi connectivity index (χ2n) is 5.01. The first-order valence-electron chi connectivity index (χ1n) is 6.94. The van der Waals surface area contributed by atoms with Crippen LogP contribution in [0.3, 0.4) is 0 Å². The SMILES string of the molecule is C=CCC[C@H](CC=O)C(C)COCc1ccccc1. The number of allylic oxidation sites excluding steroid dienone is 1. The summed E-state index contributed by atoms with van der Waals surface area (Å²) in [7, 11) is 0. The molecule has 2 heteroatoms. The first-order chi connectivity index (χ1) is 9.27. The molecule has 0 saturated carbocycles. The minimum Gasteiger partial charge on any atom is -0.376 e. The normalized spacial score (nSPS) is 13.7. The third-order valence-corrected chi connectivity index (χ3v) is 3.44. The van der Waals surface area contributed by atoms with Crippen molar-refractivity contribution in [2.24, 2.45) is 11.8 Å². The minimum atomic E-state index is 0.395. The van der Waals surface area contributed by atoms with Crippen LogP contribution in [-0.2, 0) is 16.1 Å². The van der Waals surface area contributed by atoms with Gasteiger partial charge in [-0.3, -0.25) is 0 Å². The second kappa shape index (κ2) is 9.51. The van der Waals surface area contributed by atoms with Gasteiger partial charge in [0.2, 0.25) is 0 Å². The molecule has 1 unspecified atom stereocenters. The molecule has 19 heavy (non-hydrogen) atoms. The van der Waals surface area contributed by atoms with Crippen LogP contribution in [0.25, 0.3) is 0 Å². The average Bonchev–Trinajstić information content (AvgIpc) is 2.44. The standard InChI is InChI=1S/C17H24O2/c1-3-4-10-17(11-12-18)15(2)13-19-14-16-8-6-5-7-9-16/h3,5-9,12,15,17H,1,4,10-11,13-14H2,2H3/t15?,17-/m1/s1. The Balaban J connectivity index is 2.32. The molecule has 0 N–H and O–H groups in total. The summed E-state index contributed by atoms with van der Waals surface area (Å²) in [5.41, 5.74) is 1.19.